The highest BCUT2D eigenvalue weighted by Crippen LogP contribution is 2.27. The first-order chi connectivity index (χ1) is 10.3. The summed E-state index contributed by atoms with van der Waals surface area (Å²) in [7, 11) is 0. The Hall–Kier alpha value is -1.93. The van der Waals surface area contributed by atoms with Gasteiger partial charge in [-0.1, -0.05) is 0 Å². The molecule has 1 aliphatic rings. The van der Waals surface area contributed by atoms with E-state index in [1.54, 1.807) is 20.0 Å². The van der Waals surface area contributed by atoms with Gasteiger partial charge < -0.3 is 20.3 Å². The number of carbonyl (C=O) groups is 1. The molecule has 2 heterocycles. The van der Waals surface area contributed by atoms with Crippen molar-refractivity contribution < 1.29 is 19.4 Å². The molecule has 1 aromatic rings. The number of aliphatic hydroxyl groups is 1. The number of esters is 1. The minimum absolute atomic E-state index is 0.0932. The Kier molecular flexibility index (Phi) is 4.82. The van der Waals surface area contributed by atoms with Crippen molar-refractivity contribution in [2.24, 2.45) is 5.41 Å². The summed E-state index contributed by atoms with van der Waals surface area (Å²) in [4.78, 5) is 27.2. The molecule has 2 rings (SSSR count). The van der Waals surface area contributed by atoms with Gasteiger partial charge in [-0.15, -0.1) is 0 Å². The summed E-state index contributed by atoms with van der Waals surface area (Å²) < 4.78 is 12.2. The van der Waals surface area contributed by atoms with Gasteiger partial charge in [0.05, 0.1) is 18.1 Å². The summed E-state index contributed by atoms with van der Waals surface area (Å²) in [5.41, 5.74) is 4.04. The summed E-state index contributed by atoms with van der Waals surface area (Å²) in [6.07, 6.45) is 2.10. The van der Waals surface area contributed by atoms with Gasteiger partial charge in [-0.3, -0.25) is 9.36 Å². The number of nitrogen functional groups attached to an aromatic ring is 1. The molecule has 3 N–H and O–H groups in total. The van der Waals surface area contributed by atoms with Crippen LogP contribution in [0.15, 0.2) is 17.1 Å². The predicted molar refractivity (Wildman–Crippen MR) is 77.9 cm³/mol. The minimum atomic E-state index is -0.935. The molecule has 2 atom stereocenters. The Morgan fingerprint density at radius 3 is 2.95 bits per heavy atom. The molecule has 1 saturated heterocycles. The van der Waals surface area contributed by atoms with Gasteiger partial charge in [0.1, 0.15) is 18.7 Å². The number of nitrogens with zero attached hydrogens (tertiary/aromatic N) is 2. The fourth-order valence-electron chi connectivity index (χ4n) is 2.09. The zero-order valence-electron chi connectivity index (χ0n) is 12.7. The average molecular weight is 311 g/mol. The van der Waals surface area contributed by atoms with E-state index in [1.807, 2.05) is 0 Å². The summed E-state index contributed by atoms with van der Waals surface area (Å²) >= 11 is 0. The zero-order valence-corrected chi connectivity index (χ0v) is 12.7. The number of carbonyl (C=O) groups excluding carboxylic acids is 1. The van der Waals surface area contributed by atoms with Crippen LogP contribution < -0.4 is 11.4 Å². The van der Waals surface area contributed by atoms with Crippen molar-refractivity contribution >= 4 is 11.8 Å². The lowest BCUT2D eigenvalue weighted by Crippen LogP contribution is -2.33. The smallest absolute Gasteiger partial charge is 0.351 e. The first-order valence-corrected chi connectivity index (χ1v) is 7.11. The number of aliphatic hydroxyl groups excluding tert-OH is 1. The molecule has 1 aliphatic heterocycles. The van der Waals surface area contributed by atoms with Crippen LogP contribution >= 0.6 is 0 Å². The molecule has 122 valence electrons. The standard InChI is InChI=1S/C14H21N3O5/c1-14(2,8-18)12(19)21-7-9-3-4-11(22-9)17-6-5-10(15)16-13(17)20/h5-6,9,11,18H,3-4,7-8H2,1-2H3,(H2,15,16,20). The predicted octanol–water partition coefficient (Wildman–Crippen LogP) is 0.0648. The van der Waals surface area contributed by atoms with Crippen LogP contribution in [0.3, 0.4) is 0 Å². The molecule has 0 saturated carbocycles. The second-order valence-electron chi connectivity index (χ2n) is 5.97. The third kappa shape index (κ3) is 3.63. The molecular formula is C14H21N3O5. The van der Waals surface area contributed by atoms with Gasteiger partial charge in [0.25, 0.3) is 0 Å². The van der Waals surface area contributed by atoms with E-state index >= 15 is 0 Å². The number of rotatable bonds is 5. The maximum Gasteiger partial charge on any atom is 0.351 e. The topological polar surface area (TPSA) is 117 Å². The maximum absolute atomic E-state index is 11.8. The highest BCUT2D eigenvalue weighted by Gasteiger charge is 2.32. The summed E-state index contributed by atoms with van der Waals surface area (Å²) in [5.74, 6) is -0.315. The Morgan fingerprint density at radius 1 is 1.59 bits per heavy atom. The lowest BCUT2D eigenvalue weighted by atomic mass is 9.95. The molecule has 8 heteroatoms. The van der Waals surface area contributed by atoms with Gasteiger partial charge in [-0.25, -0.2) is 4.79 Å². The van der Waals surface area contributed by atoms with Gasteiger partial charge in [0, 0.05) is 6.20 Å². The molecule has 0 spiro atoms. The number of ether oxygens (including phenoxy) is 2. The largest absolute Gasteiger partial charge is 0.462 e. The molecule has 8 nitrogen and oxygen atoms in total. The molecule has 22 heavy (non-hydrogen) atoms. The van der Waals surface area contributed by atoms with E-state index in [0.29, 0.717) is 12.8 Å². The number of anilines is 1. The first kappa shape index (κ1) is 16.4. The van der Waals surface area contributed by atoms with Gasteiger partial charge >= 0.3 is 11.7 Å². The van der Waals surface area contributed by atoms with Crippen LogP contribution in [0.2, 0.25) is 0 Å². The number of hydrogen-bond acceptors (Lipinski definition) is 7. The molecule has 1 aromatic heterocycles. The Labute approximate surface area is 127 Å². The third-order valence-electron chi connectivity index (χ3n) is 3.60. The SMILES string of the molecule is CC(C)(CO)C(=O)OCC1CCC(n2ccc(N)nc2=O)O1. The lowest BCUT2D eigenvalue weighted by Gasteiger charge is -2.21. The molecule has 1 fully saturated rings. The van der Waals surface area contributed by atoms with Crippen LogP contribution in [0.25, 0.3) is 0 Å². The number of nitrogens with two attached hydrogens (primary N) is 1. The molecule has 0 aliphatic carbocycles. The van der Waals surface area contributed by atoms with Crippen molar-refractivity contribution in [2.45, 2.75) is 39.0 Å². The Bertz CT molecular complexity index is 598. The van der Waals surface area contributed by atoms with Crippen molar-refractivity contribution in [3.63, 3.8) is 0 Å². The number of aromatic nitrogens is 2. The normalized spacial score (nSPS) is 21.8. The van der Waals surface area contributed by atoms with E-state index in [2.05, 4.69) is 4.98 Å². The van der Waals surface area contributed by atoms with Crippen LogP contribution in [-0.4, -0.2) is 39.9 Å². The number of hydrogen-bond donors (Lipinski definition) is 2. The fourth-order valence-corrected chi connectivity index (χ4v) is 2.09. The summed E-state index contributed by atoms with van der Waals surface area (Å²) in [6.45, 7) is 3.02. The first-order valence-electron chi connectivity index (χ1n) is 7.11. The van der Waals surface area contributed by atoms with Crippen molar-refractivity contribution in [3.05, 3.63) is 22.7 Å². The van der Waals surface area contributed by atoms with Gasteiger partial charge in [-0.2, -0.15) is 4.98 Å². The summed E-state index contributed by atoms with van der Waals surface area (Å²) in [6, 6.07) is 1.53. The van der Waals surface area contributed by atoms with Gasteiger partial charge in [0.2, 0.25) is 0 Å². The molecular weight excluding hydrogens is 290 g/mol. The van der Waals surface area contributed by atoms with E-state index < -0.39 is 23.3 Å². The van der Waals surface area contributed by atoms with E-state index in [4.69, 9.17) is 20.3 Å². The molecule has 0 bridgehead atoms. The maximum atomic E-state index is 11.8. The van der Waals surface area contributed by atoms with Crippen molar-refractivity contribution in [2.75, 3.05) is 18.9 Å². The van der Waals surface area contributed by atoms with Crippen molar-refractivity contribution in [1.82, 2.24) is 9.55 Å². The van der Waals surface area contributed by atoms with Gasteiger partial charge in [-0.05, 0) is 32.8 Å². The van der Waals surface area contributed by atoms with Crippen LogP contribution in [0.4, 0.5) is 5.82 Å². The van der Waals surface area contributed by atoms with Gasteiger partial charge in [0.15, 0.2) is 0 Å². The molecule has 0 radical (unpaired) electrons. The minimum Gasteiger partial charge on any atom is -0.462 e. The quantitative estimate of drug-likeness (QED) is 0.739. The van der Waals surface area contributed by atoms with Crippen LogP contribution in [0.5, 0.6) is 0 Å². The fraction of sp³-hybridized carbons (Fsp3) is 0.643. The Morgan fingerprint density at radius 2 is 2.32 bits per heavy atom. The Balaban J connectivity index is 1.91. The second-order valence-corrected chi connectivity index (χ2v) is 5.97. The summed E-state index contributed by atoms with van der Waals surface area (Å²) in [5, 5.41) is 9.11. The third-order valence-corrected chi connectivity index (χ3v) is 3.60. The highest BCUT2D eigenvalue weighted by molar-refractivity contribution is 5.76. The highest BCUT2D eigenvalue weighted by atomic mass is 16.6. The van der Waals surface area contributed by atoms with E-state index in [9.17, 15) is 9.59 Å². The molecule has 2 unspecified atom stereocenters. The van der Waals surface area contributed by atoms with Crippen LogP contribution in [-0.2, 0) is 14.3 Å². The van der Waals surface area contributed by atoms with Crippen LogP contribution in [0.1, 0.15) is 32.9 Å². The molecule has 0 aromatic carbocycles. The second kappa shape index (κ2) is 6.45. The molecule has 0 amide bonds. The monoisotopic (exact) mass is 311 g/mol. The van der Waals surface area contributed by atoms with Crippen molar-refractivity contribution in [3.8, 4) is 0 Å². The van der Waals surface area contributed by atoms with Crippen LogP contribution in [0, 0.1) is 5.41 Å². The van der Waals surface area contributed by atoms with Crippen molar-refractivity contribution in [1.29, 1.82) is 0 Å². The zero-order chi connectivity index (χ0) is 16.3. The lowest BCUT2D eigenvalue weighted by molar-refractivity contribution is -0.160. The van der Waals surface area contributed by atoms with E-state index in [0.717, 1.165) is 0 Å². The van der Waals surface area contributed by atoms with E-state index in [-0.39, 0.29) is 25.1 Å². The van der Waals surface area contributed by atoms with E-state index in [1.165, 1.54) is 10.6 Å². The average Bonchev–Trinajstić information content (AvgIpc) is 2.93.